The number of allylic oxidation sites excluding steroid dienone is 1. The van der Waals surface area contributed by atoms with Crippen molar-refractivity contribution in [2.24, 2.45) is 0 Å². The summed E-state index contributed by atoms with van der Waals surface area (Å²) in [5, 5.41) is 9.41. The van der Waals surface area contributed by atoms with Crippen molar-refractivity contribution in [1.29, 1.82) is 0 Å². The number of rotatable bonds is 3. The van der Waals surface area contributed by atoms with E-state index in [0.29, 0.717) is 5.75 Å². The molecule has 0 spiro atoms. The molecule has 0 aliphatic heterocycles. The molecule has 3 heteroatoms. The lowest BCUT2D eigenvalue weighted by molar-refractivity contribution is -0.112. The molecule has 0 unspecified atom stereocenters. The SMILES string of the molecule is COc1ccc(/C=C/C(C)=O)cc1O. The second-order valence-electron chi connectivity index (χ2n) is 2.88. The number of hydrogen-bond acceptors (Lipinski definition) is 3. The molecule has 0 heterocycles. The minimum Gasteiger partial charge on any atom is -0.504 e. The van der Waals surface area contributed by atoms with Gasteiger partial charge in [-0.15, -0.1) is 0 Å². The van der Waals surface area contributed by atoms with Gasteiger partial charge in [-0.1, -0.05) is 12.1 Å². The molecule has 0 aliphatic carbocycles. The molecule has 1 N–H and O–H groups in total. The van der Waals surface area contributed by atoms with Crippen molar-refractivity contribution in [1.82, 2.24) is 0 Å². The first-order valence-corrected chi connectivity index (χ1v) is 4.19. The Morgan fingerprint density at radius 3 is 2.71 bits per heavy atom. The summed E-state index contributed by atoms with van der Waals surface area (Å²) >= 11 is 0. The lowest BCUT2D eigenvalue weighted by Gasteiger charge is -2.02. The Morgan fingerprint density at radius 1 is 1.50 bits per heavy atom. The standard InChI is InChI=1S/C11H12O3/c1-8(12)3-4-9-5-6-11(14-2)10(13)7-9/h3-7,13H,1-2H3/b4-3+. The highest BCUT2D eigenvalue weighted by Crippen LogP contribution is 2.26. The highest BCUT2D eigenvalue weighted by molar-refractivity contribution is 5.91. The highest BCUT2D eigenvalue weighted by Gasteiger charge is 1.99. The maximum absolute atomic E-state index is 10.7. The van der Waals surface area contributed by atoms with E-state index in [1.165, 1.54) is 26.2 Å². The molecule has 0 bridgehead atoms. The number of carbonyl (C=O) groups excluding carboxylic acids is 1. The summed E-state index contributed by atoms with van der Waals surface area (Å²) in [6.45, 7) is 1.47. The van der Waals surface area contributed by atoms with Crippen LogP contribution in [0.15, 0.2) is 24.3 Å². The molecular formula is C11H12O3. The molecule has 0 radical (unpaired) electrons. The quantitative estimate of drug-likeness (QED) is 0.745. The van der Waals surface area contributed by atoms with Crippen LogP contribution in [-0.4, -0.2) is 18.0 Å². The van der Waals surface area contributed by atoms with Crippen molar-refractivity contribution >= 4 is 11.9 Å². The summed E-state index contributed by atoms with van der Waals surface area (Å²) < 4.78 is 4.88. The first-order chi connectivity index (χ1) is 6.63. The third-order valence-electron chi connectivity index (χ3n) is 1.71. The maximum Gasteiger partial charge on any atom is 0.160 e. The number of aromatic hydroxyl groups is 1. The van der Waals surface area contributed by atoms with E-state index in [0.717, 1.165) is 5.56 Å². The lowest BCUT2D eigenvalue weighted by Crippen LogP contribution is -1.84. The van der Waals surface area contributed by atoms with E-state index >= 15 is 0 Å². The Kier molecular flexibility index (Phi) is 3.29. The van der Waals surface area contributed by atoms with Gasteiger partial charge >= 0.3 is 0 Å². The molecule has 0 atom stereocenters. The molecular weight excluding hydrogens is 180 g/mol. The average Bonchev–Trinajstić information content (AvgIpc) is 2.15. The van der Waals surface area contributed by atoms with Crippen LogP contribution in [0, 0.1) is 0 Å². The smallest absolute Gasteiger partial charge is 0.160 e. The molecule has 3 nitrogen and oxygen atoms in total. The Bertz CT molecular complexity index is 367. The zero-order valence-corrected chi connectivity index (χ0v) is 8.15. The Balaban J connectivity index is 2.91. The second-order valence-corrected chi connectivity index (χ2v) is 2.88. The van der Waals surface area contributed by atoms with Crippen LogP contribution in [-0.2, 0) is 4.79 Å². The summed E-state index contributed by atoms with van der Waals surface area (Å²) in [5.74, 6) is 0.462. The summed E-state index contributed by atoms with van der Waals surface area (Å²) in [4.78, 5) is 10.7. The summed E-state index contributed by atoms with van der Waals surface area (Å²) in [6.07, 6.45) is 3.09. The number of phenolic OH excluding ortho intramolecular Hbond substituents is 1. The van der Waals surface area contributed by atoms with Crippen LogP contribution < -0.4 is 4.74 Å². The number of methoxy groups -OCH3 is 1. The number of phenols is 1. The normalized spacial score (nSPS) is 10.4. The van der Waals surface area contributed by atoms with Gasteiger partial charge in [0.15, 0.2) is 17.3 Å². The highest BCUT2D eigenvalue weighted by atomic mass is 16.5. The van der Waals surface area contributed by atoms with Gasteiger partial charge in [0.1, 0.15) is 0 Å². The zero-order valence-electron chi connectivity index (χ0n) is 8.15. The fourth-order valence-electron chi connectivity index (χ4n) is 1.02. The monoisotopic (exact) mass is 192 g/mol. The second kappa shape index (κ2) is 4.46. The van der Waals surface area contributed by atoms with Gasteiger partial charge < -0.3 is 9.84 Å². The zero-order chi connectivity index (χ0) is 10.6. The van der Waals surface area contributed by atoms with Crippen molar-refractivity contribution in [2.45, 2.75) is 6.92 Å². The van der Waals surface area contributed by atoms with E-state index < -0.39 is 0 Å². The minimum atomic E-state index is -0.0275. The van der Waals surface area contributed by atoms with Crippen molar-refractivity contribution < 1.29 is 14.6 Å². The van der Waals surface area contributed by atoms with Gasteiger partial charge in [-0.25, -0.2) is 0 Å². The predicted molar refractivity (Wildman–Crippen MR) is 54.4 cm³/mol. The molecule has 14 heavy (non-hydrogen) atoms. The van der Waals surface area contributed by atoms with Crippen molar-refractivity contribution in [2.75, 3.05) is 7.11 Å². The van der Waals surface area contributed by atoms with Gasteiger partial charge in [-0.05, 0) is 30.7 Å². The van der Waals surface area contributed by atoms with Crippen LogP contribution in [0.4, 0.5) is 0 Å². The van der Waals surface area contributed by atoms with Crippen LogP contribution >= 0.6 is 0 Å². The van der Waals surface area contributed by atoms with E-state index in [4.69, 9.17) is 4.74 Å². The lowest BCUT2D eigenvalue weighted by atomic mass is 10.2. The van der Waals surface area contributed by atoms with E-state index in [1.807, 2.05) is 0 Å². The molecule has 0 aromatic heterocycles. The molecule has 74 valence electrons. The Morgan fingerprint density at radius 2 is 2.21 bits per heavy atom. The molecule has 0 fully saturated rings. The third-order valence-corrected chi connectivity index (χ3v) is 1.71. The van der Waals surface area contributed by atoms with Crippen molar-refractivity contribution in [3.63, 3.8) is 0 Å². The molecule has 1 rings (SSSR count). The van der Waals surface area contributed by atoms with E-state index in [9.17, 15) is 9.90 Å². The van der Waals surface area contributed by atoms with Crippen LogP contribution in [0.1, 0.15) is 12.5 Å². The fourth-order valence-corrected chi connectivity index (χ4v) is 1.02. The number of carbonyl (C=O) groups is 1. The Hall–Kier alpha value is -1.77. The summed E-state index contributed by atoms with van der Waals surface area (Å²) in [5.41, 5.74) is 0.763. The van der Waals surface area contributed by atoms with Crippen LogP contribution in [0.5, 0.6) is 11.5 Å². The molecule has 1 aromatic rings. The van der Waals surface area contributed by atoms with E-state index in [1.54, 1.807) is 18.2 Å². The largest absolute Gasteiger partial charge is 0.504 e. The van der Waals surface area contributed by atoms with Gasteiger partial charge in [0.25, 0.3) is 0 Å². The van der Waals surface area contributed by atoms with Gasteiger partial charge in [0.05, 0.1) is 7.11 Å². The van der Waals surface area contributed by atoms with Crippen molar-refractivity contribution in [3.05, 3.63) is 29.8 Å². The molecule has 0 saturated carbocycles. The molecule has 0 aliphatic rings. The van der Waals surface area contributed by atoms with Gasteiger partial charge in [0.2, 0.25) is 0 Å². The van der Waals surface area contributed by atoms with E-state index in [-0.39, 0.29) is 11.5 Å². The Labute approximate surface area is 82.6 Å². The molecule has 1 aromatic carbocycles. The first-order valence-electron chi connectivity index (χ1n) is 4.19. The first kappa shape index (κ1) is 10.3. The third kappa shape index (κ3) is 2.62. The maximum atomic E-state index is 10.7. The molecule has 0 saturated heterocycles. The number of benzene rings is 1. The van der Waals surface area contributed by atoms with Gasteiger partial charge in [-0.3, -0.25) is 4.79 Å². The van der Waals surface area contributed by atoms with Crippen LogP contribution in [0.2, 0.25) is 0 Å². The topological polar surface area (TPSA) is 46.5 Å². The van der Waals surface area contributed by atoms with Gasteiger partial charge in [0, 0.05) is 0 Å². The van der Waals surface area contributed by atoms with Crippen LogP contribution in [0.25, 0.3) is 6.08 Å². The summed E-state index contributed by atoms with van der Waals surface area (Å²) in [6, 6.07) is 4.95. The minimum absolute atomic E-state index is 0.0275. The number of hydrogen-bond donors (Lipinski definition) is 1. The van der Waals surface area contributed by atoms with Crippen molar-refractivity contribution in [3.8, 4) is 11.5 Å². The van der Waals surface area contributed by atoms with Crippen LogP contribution in [0.3, 0.4) is 0 Å². The predicted octanol–water partition coefficient (Wildman–Crippen LogP) is 2.00. The summed E-state index contributed by atoms with van der Waals surface area (Å²) in [7, 11) is 1.49. The average molecular weight is 192 g/mol. The van der Waals surface area contributed by atoms with E-state index in [2.05, 4.69) is 0 Å². The molecule has 0 amide bonds. The number of ketones is 1. The number of ether oxygens (including phenoxy) is 1. The fraction of sp³-hybridized carbons (Fsp3) is 0.182. The van der Waals surface area contributed by atoms with Gasteiger partial charge in [-0.2, -0.15) is 0 Å².